The minimum atomic E-state index is -1.64. The molecule has 340 valence electrons. The van der Waals surface area contributed by atoms with Crippen molar-refractivity contribution in [2.45, 2.75) is 193 Å². The van der Waals surface area contributed by atoms with Crippen LogP contribution < -0.4 is 5.11 Å². The van der Waals surface area contributed by atoms with Crippen molar-refractivity contribution >= 4 is 17.9 Å². The number of rotatable bonds is 42. The molecule has 59 heavy (non-hydrogen) atoms. The number of nitrogens with zero attached hydrogens (tertiary/aromatic N) is 1. The number of aliphatic carboxylic acids is 1. The van der Waals surface area contributed by atoms with E-state index in [0.717, 1.165) is 44.9 Å². The zero-order valence-electron chi connectivity index (χ0n) is 38.4. The maximum Gasteiger partial charge on any atom is 0.310 e. The van der Waals surface area contributed by atoms with Gasteiger partial charge in [-0.2, -0.15) is 0 Å². The zero-order chi connectivity index (χ0) is 43.5. The normalized spacial score (nSPS) is 13.4. The third-order valence-corrected chi connectivity index (χ3v) is 9.81. The van der Waals surface area contributed by atoms with Crippen LogP contribution in [-0.2, 0) is 33.3 Å². The molecular formula is C50H87NO8. The lowest BCUT2D eigenvalue weighted by Gasteiger charge is -2.26. The summed E-state index contributed by atoms with van der Waals surface area (Å²) in [6.07, 6.45) is 47.2. The number of likely N-dealkylation sites (N-methyl/N-ethyl adjacent to an activating group) is 1. The molecule has 0 rings (SSSR count). The van der Waals surface area contributed by atoms with E-state index in [-0.39, 0.29) is 38.6 Å². The van der Waals surface area contributed by atoms with E-state index >= 15 is 0 Å². The Bertz CT molecular complexity index is 1150. The Hall–Kier alpha value is -3.01. The average molecular weight is 830 g/mol. The molecule has 0 spiro atoms. The summed E-state index contributed by atoms with van der Waals surface area (Å²) in [6.45, 7) is 4.51. The standard InChI is InChI=1S/C50H87NO8/c1-6-8-10-12-14-16-18-20-22-23-24-25-27-28-30-32-34-36-38-40-47(52)57-44-46(45-58-50(49(54)55)56-43-42-51(3,4)5)59-48(53)41-39-37-35-33-31-29-26-21-19-17-15-13-11-9-7-2/h9,11,15,17,21,26,31,33,37,39,46,50H,6-8,10,12-14,16,18-20,22-25,27-30,32,34-36,38,40-45H2,1-5H3/b11-9-,17-15-,26-21-,33-31-,39-37-. The summed E-state index contributed by atoms with van der Waals surface area (Å²) in [7, 11) is 5.88. The average Bonchev–Trinajstić information content (AvgIpc) is 3.19. The molecule has 9 heteroatoms. The van der Waals surface area contributed by atoms with Crippen LogP contribution in [0.4, 0.5) is 0 Å². The monoisotopic (exact) mass is 830 g/mol. The second-order valence-corrected chi connectivity index (χ2v) is 16.7. The Balaban J connectivity index is 4.48. The molecule has 0 bridgehead atoms. The summed E-state index contributed by atoms with van der Waals surface area (Å²) in [6, 6.07) is 0. The van der Waals surface area contributed by atoms with Gasteiger partial charge in [-0.3, -0.25) is 9.59 Å². The molecule has 0 saturated heterocycles. The molecule has 0 aliphatic rings. The van der Waals surface area contributed by atoms with Gasteiger partial charge >= 0.3 is 11.9 Å². The van der Waals surface area contributed by atoms with E-state index in [2.05, 4.69) is 56.4 Å². The molecule has 0 aromatic carbocycles. The van der Waals surface area contributed by atoms with Gasteiger partial charge in [-0.25, -0.2) is 0 Å². The zero-order valence-corrected chi connectivity index (χ0v) is 38.4. The number of carboxylic acid groups (broad SMARTS) is 1. The number of quaternary nitrogens is 1. The van der Waals surface area contributed by atoms with E-state index < -0.39 is 24.3 Å². The van der Waals surface area contributed by atoms with Gasteiger partial charge in [-0.15, -0.1) is 0 Å². The van der Waals surface area contributed by atoms with Crippen LogP contribution in [0.15, 0.2) is 60.8 Å². The van der Waals surface area contributed by atoms with Gasteiger partial charge in [0.05, 0.1) is 46.7 Å². The summed E-state index contributed by atoms with van der Waals surface area (Å²) < 4.78 is 22.4. The van der Waals surface area contributed by atoms with Gasteiger partial charge in [-0.1, -0.05) is 190 Å². The molecule has 0 heterocycles. The van der Waals surface area contributed by atoms with Gasteiger partial charge in [0, 0.05) is 6.42 Å². The third-order valence-electron chi connectivity index (χ3n) is 9.81. The summed E-state index contributed by atoms with van der Waals surface area (Å²) in [5, 5.41) is 11.7. The molecule has 9 nitrogen and oxygen atoms in total. The first-order valence-corrected chi connectivity index (χ1v) is 23.4. The van der Waals surface area contributed by atoms with Crippen LogP contribution in [0.2, 0.25) is 0 Å². The smallest absolute Gasteiger partial charge is 0.310 e. The summed E-state index contributed by atoms with van der Waals surface area (Å²) in [4.78, 5) is 36.9. The number of hydrogen-bond donors (Lipinski definition) is 0. The Morgan fingerprint density at radius 1 is 0.525 bits per heavy atom. The lowest BCUT2D eigenvalue weighted by molar-refractivity contribution is -0.870. The van der Waals surface area contributed by atoms with Crippen molar-refractivity contribution in [2.24, 2.45) is 0 Å². The predicted octanol–water partition coefficient (Wildman–Crippen LogP) is 11.2. The van der Waals surface area contributed by atoms with Crippen LogP contribution in [0, 0.1) is 0 Å². The number of ether oxygens (including phenoxy) is 4. The Morgan fingerprint density at radius 3 is 1.37 bits per heavy atom. The lowest BCUT2D eigenvalue weighted by atomic mass is 10.0. The van der Waals surface area contributed by atoms with E-state index in [0.29, 0.717) is 17.4 Å². The van der Waals surface area contributed by atoms with Crippen LogP contribution in [-0.4, -0.2) is 82.3 Å². The maximum atomic E-state index is 12.7. The Morgan fingerprint density at radius 2 is 0.949 bits per heavy atom. The second-order valence-electron chi connectivity index (χ2n) is 16.7. The largest absolute Gasteiger partial charge is 0.545 e. The molecule has 0 saturated carbocycles. The van der Waals surface area contributed by atoms with E-state index in [4.69, 9.17) is 18.9 Å². The van der Waals surface area contributed by atoms with Gasteiger partial charge in [0.25, 0.3) is 0 Å². The molecule has 0 radical (unpaired) electrons. The van der Waals surface area contributed by atoms with Crippen molar-refractivity contribution in [3.63, 3.8) is 0 Å². The molecule has 2 unspecified atom stereocenters. The fraction of sp³-hybridized carbons (Fsp3) is 0.740. The SMILES string of the molecule is CC/C=C\C/C=C\C/C=C\C/C=C\C/C=C\CC(=O)OC(COC(=O)CCCCCCCCCCCCCCCCCCCCC)COC(OCC[N+](C)(C)C)C(=O)[O-]. The lowest BCUT2D eigenvalue weighted by Crippen LogP contribution is -2.44. The van der Waals surface area contributed by atoms with Crippen LogP contribution in [0.25, 0.3) is 0 Å². The van der Waals surface area contributed by atoms with E-state index in [9.17, 15) is 19.5 Å². The molecule has 0 N–H and O–H groups in total. The predicted molar refractivity (Wildman–Crippen MR) is 242 cm³/mol. The van der Waals surface area contributed by atoms with E-state index in [1.54, 1.807) is 6.08 Å². The quantitative estimate of drug-likeness (QED) is 0.0197. The summed E-state index contributed by atoms with van der Waals surface area (Å²) >= 11 is 0. The van der Waals surface area contributed by atoms with Gasteiger partial charge < -0.3 is 33.3 Å². The molecule has 0 amide bonds. The highest BCUT2D eigenvalue weighted by Crippen LogP contribution is 2.15. The van der Waals surface area contributed by atoms with Crippen LogP contribution in [0.5, 0.6) is 0 Å². The van der Waals surface area contributed by atoms with Crippen molar-refractivity contribution in [3.05, 3.63) is 60.8 Å². The number of hydrogen-bond acceptors (Lipinski definition) is 8. The number of carbonyl (C=O) groups excluding carboxylic acids is 3. The number of allylic oxidation sites excluding steroid dienone is 9. The van der Waals surface area contributed by atoms with Crippen molar-refractivity contribution in [1.29, 1.82) is 0 Å². The van der Waals surface area contributed by atoms with Crippen molar-refractivity contribution in [2.75, 3.05) is 47.5 Å². The fourth-order valence-corrected chi connectivity index (χ4v) is 6.20. The molecule has 0 aliphatic carbocycles. The van der Waals surface area contributed by atoms with Gasteiger partial charge in [0.15, 0.2) is 12.4 Å². The number of carboxylic acids is 1. The van der Waals surface area contributed by atoms with Crippen LogP contribution >= 0.6 is 0 Å². The summed E-state index contributed by atoms with van der Waals surface area (Å²) in [5.41, 5.74) is 0. The van der Waals surface area contributed by atoms with Crippen LogP contribution in [0.1, 0.15) is 181 Å². The minimum Gasteiger partial charge on any atom is -0.545 e. The third kappa shape index (κ3) is 42.9. The first kappa shape index (κ1) is 56.0. The van der Waals surface area contributed by atoms with Crippen LogP contribution in [0.3, 0.4) is 0 Å². The highest BCUT2D eigenvalue weighted by Gasteiger charge is 2.21. The Kier molecular flexibility index (Phi) is 39.6. The molecular weight excluding hydrogens is 743 g/mol. The topological polar surface area (TPSA) is 111 Å². The number of unbranched alkanes of at least 4 members (excludes halogenated alkanes) is 18. The second kappa shape index (κ2) is 41.7. The fourth-order valence-electron chi connectivity index (χ4n) is 6.20. The van der Waals surface area contributed by atoms with Gasteiger partial charge in [0.2, 0.25) is 0 Å². The first-order valence-electron chi connectivity index (χ1n) is 23.4. The van der Waals surface area contributed by atoms with Crippen molar-refractivity contribution < 1.29 is 42.9 Å². The van der Waals surface area contributed by atoms with Crippen molar-refractivity contribution in [1.82, 2.24) is 0 Å². The van der Waals surface area contributed by atoms with Gasteiger partial charge in [-0.05, 0) is 38.5 Å². The van der Waals surface area contributed by atoms with Crippen molar-refractivity contribution in [3.8, 4) is 0 Å². The number of esters is 2. The molecule has 0 aromatic rings. The molecule has 0 fully saturated rings. The van der Waals surface area contributed by atoms with E-state index in [1.165, 1.54) is 103 Å². The highest BCUT2D eigenvalue weighted by molar-refractivity contribution is 5.71. The highest BCUT2D eigenvalue weighted by atomic mass is 16.7. The minimum absolute atomic E-state index is 0.0151. The van der Waals surface area contributed by atoms with E-state index in [1.807, 2.05) is 33.3 Å². The first-order chi connectivity index (χ1) is 28.6. The van der Waals surface area contributed by atoms with Gasteiger partial charge in [0.1, 0.15) is 13.2 Å². The maximum absolute atomic E-state index is 12.7. The molecule has 0 aliphatic heterocycles. The molecule has 2 atom stereocenters. The molecule has 0 aromatic heterocycles. The Labute approximate surface area is 361 Å². The summed E-state index contributed by atoms with van der Waals surface area (Å²) in [5.74, 6) is -2.45. The number of carbonyl (C=O) groups is 3.